The number of piperidine rings is 1. The number of phenolic OH excluding ortho intramolecular Hbond substituents is 1. The quantitative estimate of drug-likeness (QED) is 0.00833. The van der Waals surface area contributed by atoms with E-state index >= 15 is 4.79 Å². The number of amides is 8. The molecule has 5 heterocycles. The number of rotatable bonds is 22. The fourth-order valence-electron chi connectivity index (χ4n) is 14.2. The molecule has 4 aliphatic rings. The number of quaternary nitrogens is 1. The van der Waals surface area contributed by atoms with E-state index in [4.69, 9.17) is 34.1 Å². The lowest BCUT2D eigenvalue weighted by Gasteiger charge is -2.43. The summed E-state index contributed by atoms with van der Waals surface area (Å²) >= 11 is 0. The number of benzene rings is 4. The highest BCUT2D eigenvalue weighted by Crippen LogP contribution is 2.43. The van der Waals surface area contributed by atoms with E-state index in [1.165, 1.54) is 58.4 Å². The van der Waals surface area contributed by atoms with Crippen LogP contribution in [0, 0.1) is 30.6 Å². The first kappa shape index (κ1) is 78.9. The molecule has 1 saturated heterocycles. The minimum atomic E-state index is -2.01. The highest BCUT2D eigenvalue weighted by molar-refractivity contribution is 6.17. The number of primary amides is 1. The van der Waals surface area contributed by atoms with E-state index in [1.807, 2.05) is 32.1 Å². The predicted molar refractivity (Wildman–Crippen MR) is 395 cm³/mol. The molecular formula is C77H99N10O18+. The second kappa shape index (κ2) is 33.7. The Bertz CT molecular complexity index is 4460. The van der Waals surface area contributed by atoms with Crippen LogP contribution in [0.4, 0.5) is 21.9 Å². The van der Waals surface area contributed by atoms with Crippen LogP contribution in [0.2, 0.25) is 0 Å². The van der Waals surface area contributed by atoms with Gasteiger partial charge in [-0.1, -0.05) is 71.4 Å². The largest absolute Gasteiger partial charge is 0.507 e. The van der Waals surface area contributed by atoms with Gasteiger partial charge in [0.25, 0.3) is 17.7 Å². The topological polar surface area (TPSA) is 387 Å². The van der Waals surface area contributed by atoms with Crippen molar-refractivity contribution in [1.82, 2.24) is 25.8 Å². The average Bonchev–Trinajstić information content (AvgIpc) is 1.65. The number of urea groups is 1. The summed E-state index contributed by atoms with van der Waals surface area (Å²) in [5.41, 5.74) is 5.02. The van der Waals surface area contributed by atoms with Gasteiger partial charge in [0, 0.05) is 136 Å². The maximum absolute atomic E-state index is 15.2. The van der Waals surface area contributed by atoms with Gasteiger partial charge in [-0.25, -0.2) is 9.78 Å². The molecule has 0 spiro atoms. The van der Waals surface area contributed by atoms with Gasteiger partial charge in [-0.15, -0.1) is 0 Å². The number of hydrogen-bond acceptors (Lipinski definition) is 20. The number of aliphatic hydroxyl groups excluding tert-OH is 2. The zero-order valence-electron chi connectivity index (χ0n) is 61.7. The van der Waals surface area contributed by atoms with E-state index in [0.29, 0.717) is 74.0 Å². The predicted octanol–water partition coefficient (Wildman–Crippen LogP) is 7.09. The van der Waals surface area contributed by atoms with Crippen LogP contribution in [0.15, 0.2) is 98.7 Å². The fourth-order valence-corrected chi connectivity index (χ4v) is 14.2. The second-order valence-corrected chi connectivity index (χ2v) is 29.1. The van der Waals surface area contributed by atoms with Gasteiger partial charge in [-0.3, -0.25) is 48.1 Å². The van der Waals surface area contributed by atoms with Crippen molar-refractivity contribution in [1.29, 1.82) is 0 Å². The van der Waals surface area contributed by atoms with Crippen LogP contribution < -0.4 is 58.0 Å². The van der Waals surface area contributed by atoms with Gasteiger partial charge in [-0.2, -0.15) is 0 Å². The van der Waals surface area contributed by atoms with Crippen molar-refractivity contribution in [2.45, 2.75) is 175 Å². The number of nitrogens with zero attached hydrogens (tertiary/aromatic N) is 4. The number of aliphatic hydroxyl groups is 2. The van der Waals surface area contributed by atoms with Crippen LogP contribution in [0.1, 0.15) is 131 Å². The minimum absolute atomic E-state index is 0.0191. The van der Waals surface area contributed by atoms with Gasteiger partial charge in [0.1, 0.15) is 47.4 Å². The lowest BCUT2D eigenvalue weighted by Crippen LogP contribution is -2.54. The molecule has 1 fully saturated rings. The van der Waals surface area contributed by atoms with Crippen LogP contribution in [0.3, 0.4) is 0 Å². The molecule has 0 radical (unpaired) electrons. The number of fused-ring (bicyclic) bond motifs is 2. The van der Waals surface area contributed by atoms with Crippen LogP contribution in [0.25, 0.3) is 38.7 Å². The SMILES string of the molecule is CO[C@H]1/C=C/O[C@@]2(C)Oc3c(C)c(O)c4c(=O)c(c5oc6cc(N7CCC([N+](C)(C)Cc8ccc(NC(=O)[C@H](CCCNC(N)=O)NC(=O)[C@@H](NC(=O)CCCCCN9C(=O)C=CC9=O)C(C)C)cc8)CC7)cc(=O)c6nc5c4c3=C2O)NC(=O)/C(C)=C\C=C\[C@H](C)C[C@@H](C)[C@@H](O)[C@@H](C)[C@H](OC(C)=O)C1. The second-order valence-electron chi connectivity index (χ2n) is 29.1. The summed E-state index contributed by atoms with van der Waals surface area (Å²) < 4.78 is 31.3. The Labute approximate surface area is 608 Å². The molecule has 28 heteroatoms. The van der Waals surface area contributed by atoms with Crippen molar-refractivity contribution in [2.24, 2.45) is 29.4 Å². The highest BCUT2D eigenvalue weighted by Gasteiger charge is 2.44. The molecule has 4 aromatic carbocycles. The third kappa shape index (κ3) is 18.5. The number of aromatic hydroxyl groups is 1. The minimum Gasteiger partial charge on any atom is -0.507 e. The zero-order valence-corrected chi connectivity index (χ0v) is 61.7. The van der Waals surface area contributed by atoms with E-state index in [2.05, 4.69) is 45.6 Å². The van der Waals surface area contributed by atoms with Gasteiger partial charge < -0.3 is 80.4 Å². The highest BCUT2D eigenvalue weighted by atomic mass is 16.7. The molecule has 28 nitrogen and oxygen atoms in total. The summed E-state index contributed by atoms with van der Waals surface area (Å²) in [7, 11) is 5.72. The maximum Gasteiger partial charge on any atom is 0.312 e. The Hall–Kier alpha value is -10.2. The number of nitrogens with two attached hydrogens (primary N) is 1. The number of allylic oxidation sites excluding steroid dienone is 3. The smallest absolute Gasteiger partial charge is 0.312 e. The average molecular weight is 1450 g/mol. The number of imide groups is 1. The van der Waals surface area contributed by atoms with E-state index < -0.39 is 99.9 Å². The summed E-state index contributed by atoms with van der Waals surface area (Å²) in [5, 5.41) is 49.2. The molecule has 9 atom stereocenters. The first-order chi connectivity index (χ1) is 49.7. The van der Waals surface area contributed by atoms with E-state index in [9.17, 15) is 58.5 Å². The van der Waals surface area contributed by atoms with Crippen molar-refractivity contribution in [3.05, 3.63) is 121 Å². The third-order valence-electron chi connectivity index (χ3n) is 20.4. The Morgan fingerprint density at radius 2 is 1.58 bits per heavy atom. The van der Waals surface area contributed by atoms with Crippen molar-refractivity contribution in [3.8, 4) is 11.5 Å². The van der Waals surface area contributed by atoms with Crippen LogP contribution in [0.5, 0.6) is 11.5 Å². The molecule has 5 aromatic rings. The third-order valence-corrected chi connectivity index (χ3v) is 20.4. The molecule has 10 N–H and O–H groups in total. The van der Waals surface area contributed by atoms with E-state index in [-0.39, 0.29) is 135 Å². The lowest BCUT2D eigenvalue weighted by atomic mass is 9.83. The summed E-state index contributed by atoms with van der Waals surface area (Å²) in [5.74, 6) is -7.90. The van der Waals surface area contributed by atoms with E-state index in [1.54, 1.807) is 58.0 Å². The van der Waals surface area contributed by atoms with E-state index in [0.717, 1.165) is 10.5 Å². The normalized spacial score (nSPS) is 23.0. The van der Waals surface area contributed by atoms with Gasteiger partial charge in [-0.05, 0) is 81.9 Å². The molecule has 8 amide bonds. The van der Waals surface area contributed by atoms with Gasteiger partial charge >= 0.3 is 17.8 Å². The number of ether oxygens (including phenoxy) is 4. The van der Waals surface area contributed by atoms with Crippen LogP contribution in [-0.2, 0) is 54.3 Å². The zero-order chi connectivity index (χ0) is 76.5. The van der Waals surface area contributed by atoms with Gasteiger partial charge in [0.2, 0.25) is 28.6 Å². The van der Waals surface area contributed by atoms with Gasteiger partial charge in [0.15, 0.2) is 22.4 Å². The Morgan fingerprint density at radius 3 is 2.24 bits per heavy atom. The van der Waals surface area contributed by atoms with Gasteiger partial charge in [0.05, 0.1) is 49.2 Å². The van der Waals surface area contributed by atoms with Crippen LogP contribution in [-0.4, -0.2) is 167 Å². The number of aromatic nitrogens is 1. The van der Waals surface area contributed by atoms with Crippen LogP contribution >= 0.6 is 0 Å². The number of hydrogen-bond donors (Lipinski definition) is 9. The molecule has 1 aromatic heterocycles. The summed E-state index contributed by atoms with van der Waals surface area (Å²) in [6.45, 7) is 17.0. The number of nitrogens with one attached hydrogen (secondary N) is 5. The number of esters is 1. The van der Waals surface area contributed by atoms with Crippen molar-refractivity contribution < 1.29 is 81.5 Å². The first-order valence-electron chi connectivity index (χ1n) is 35.8. The summed E-state index contributed by atoms with van der Waals surface area (Å²) in [4.78, 5) is 141. The molecule has 105 heavy (non-hydrogen) atoms. The number of phenols is 1. The molecule has 564 valence electrons. The molecule has 0 aliphatic carbocycles. The number of methoxy groups -OCH3 is 1. The molecule has 9 rings (SSSR count). The molecular weight excluding hydrogens is 1350 g/mol. The van der Waals surface area contributed by atoms with Crippen molar-refractivity contribution in [3.63, 3.8) is 0 Å². The summed E-state index contributed by atoms with van der Waals surface area (Å²) in [6, 6.07) is 7.87. The monoisotopic (exact) mass is 1450 g/mol. The number of carbonyl (C=O) groups excluding carboxylic acids is 8. The Morgan fingerprint density at radius 1 is 0.886 bits per heavy atom. The Balaban J connectivity index is 0.930. The molecule has 0 unspecified atom stereocenters. The lowest BCUT2D eigenvalue weighted by molar-refractivity contribution is -0.928. The standard InChI is InChI=1S/C77H98N10O18/c1-41(2)63(82-57(90)21-14-13-15-32-86-58(91)26-27-59(86)92)75(99)81-53(20-17-31-79-76(78)100)74(98)80-49-24-22-48(23-25-49)40-87(10,11)51-28-33-85(34-29-51)50-37-54(89)64-56(38-50)104-71-65(83-64)60-61-68(94)46(7)70-62(60)72(96)77(9,105-70)102-35-30-52(101-12)39-55(103-47(8)88)45(6)67(93)44(5)36-42(3)18-16-19-43(4)73(97)84-66(71)69(61)95/h16,18-19,22-27,30,35,37-38,41-42,44-45,51-53,55,63,67,93H,13-15,17,20-21,28-29,31-34,36,39-40H2,1-12H3,(H8-,78,79,80,81,82,83,84,89,90,91,92,94,95,96,97,98,99,100)/p+1/b18-16+,35-30+,43-19-/t42-,44+,45-,52-,53-,55+,63-,67+,77-/m0/s1. The molecule has 4 bridgehead atoms. The summed E-state index contributed by atoms with van der Waals surface area (Å²) in [6.07, 6.45) is 12.0. The fraction of sp³-hybridized carbons (Fsp3) is 0.494. The number of unbranched alkanes of at least 4 members (excludes halogenated alkanes) is 2. The number of carbonyl (C=O) groups is 8. The maximum atomic E-state index is 15.2. The molecule has 4 aliphatic heterocycles. The number of anilines is 3. The first-order valence-corrected chi connectivity index (χ1v) is 35.8. The Kier molecular flexibility index (Phi) is 25.3. The molecule has 0 saturated carbocycles. The van der Waals surface area contributed by atoms with Crippen molar-refractivity contribution in [2.75, 3.05) is 62.9 Å². The van der Waals surface area contributed by atoms with Crippen molar-refractivity contribution >= 4 is 103 Å².